The molecule has 0 saturated heterocycles. The Morgan fingerprint density at radius 3 is 3.00 bits per heavy atom. The highest BCUT2D eigenvalue weighted by Gasteiger charge is 2.23. The second-order valence-corrected chi connectivity index (χ2v) is 5.60. The zero-order valence-electron chi connectivity index (χ0n) is 10.4. The normalized spacial score (nSPS) is 12.8. The molecular weight excluding hydrogens is 277 g/mol. The van der Waals surface area contributed by atoms with Crippen molar-refractivity contribution in [2.45, 2.75) is 19.3 Å². The van der Waals surface area contributed by atoms with Crippen LogP contribution >= 0.6 is 11.3 Å². The summed E-state index contributed by atoms with van der Waals surface area (Å²) >= 11 is 1.45. The largest absolute Gasteiger partial charge is 0.312 e. The highest BCUT2D eigenvalue weighted by atomic mass is 32.1. The molecule has 2 aromatic heterocycles. The average molecular weight is 287 g/mol. The summed E-state index contributed by atoms with van der Waals surface area (Å²) in [5, 5.41) is 12.5. The fraction of sp³-hybridized carbons (Fsp3) is 0.214. The summed E-state index contributed by atoms with van der Waals surface area (Å²) in [7, 11) is 0. The number of hydrogen-bond donors (Lipinski definition) is 1. The molecule has 0 fully saturated rings. The van der Waals surface area contributed by atoms with Gasteiger partial charge in [-0.25, -0.2) is 4.98 Å². The molecule has 6 heteroatoms. The van der Waals surface area contributed by atoms with E-state index in [-0.39, 0.29) is 11.5 Å². The number of rotatable bonds is 2. The van der Waals surface area contributed by atoms with E-state index >= 15 is 0 Å². The van der Waals surface area contributed by atoms with Crippen LogP contribution in [0.3, 0.4) is 0 Å². The number of pyridine rings is 1. The number of aryl methyl sites for hydroxylation is 1. The highest BCUT2D eigenvalue weighted by molar-refractivity contribution is 7.16. The molecule has 1 aliphatic carbocycles. The molecule has 1 N–H and O–H groups in total. The number of nitriles is 1. The molecule has 0 radical (unpaired) electrons. The van der Waals surface area contributed by atoms with Gasteiger partial charge in [0.25, 0.3) is 5.91 Å². The third-order valence-electron chi connectivity index (χ3n) is 3.25. The van der Waals surface area contributed by atoms with Crippen molar-refractivity contribution in [3.05, 3.63) is 45.8 Å². The molecule has 4 nitrogen and oxygen atoms in total. The Morgan fingerprint density at radius 2 is 2.30 bits per heavy atom. The van der Waals surface area contributed by atoms with Gasteiger partial charge in [0, 0.05) is 11.1 Å². The van der Waals surface area contributed by atoms with Gasteiger partial charge in [0.05, 0.1) is 11.1 Å². The maximum atomic E-state index is 12.7. The lowest BCUT2D eigenvalue weighted by Gasteiger charge is -2.03. The Bertz CT molecular complexity index is 715. The summed E-state index contributed by atoms with van der Waals surface area (Å²) in [6.07, 6.45) is 4.09. The molecule has 0 aromatic carbocycles. The number of nitrogens with zero attached hydrogens (tertiary/aromatic N) is 2. The summed E-state index contributed by atoms with van der Waals surface area (Å²) in [6, 6.07) is 4.66. The van der Waals surface area contributed by atoms with Crippen molar-refractivity contribution in [1.82, 2.24) is 4.98 Å². The molecular formula is C14H10FN3OS. The van der Waals surface area contributed by atoms with Crippen LogP contribution in [0.1, 0.15) is 32.8 Å². The summed E-state index contributed by atoms with van der Waals surface area (Å²) in [6.45, 7) is 0. The van der Waals surface area contributed by atoms with Crippen molar-refractivity contribution in [2.24, 2.45) is 0 Å². The molecule has 20 heavy (non-hydrogen) atoms. The van der Waals surface area contributed by atoms with Gasteiger partial charge in [0.1, 0.15) is 11.1 Å². The molecule has 3 rings (SSSR count). The Hall–Kier alpha value is -2.26. The van der Waals surface area contributed by atoms with Crippen LogP contribution in [0.4, 0.5) is 9.39 Å². The van der Waals surface area contributed by atoms with Crippen LogP contribution in [0.2, 0.25) is 0 Å². The molecule has 0 saturated carbocycles. The number of aromatic nitrogens is 1. The Labute approximate surface area is 118 Å². The third-order valence-corrected chi connectivity index (χ3v) is 4.46. The van der Waals surface area contributed by atoms with Gasteiger partial charge in [-0.1, -0.05) is 0 Å². The van der Waals surface area contributed by atoms with Crippen LogP contribution in [0.15, 0.2) is 18.3 Å². The van der Waals surface area contributed by atoms with Crippen LogP contribution in [-0.2, 0) is 12.8 Å². The topological polar surface area (TPSA) is 65.8 Å². The molecule has 2 heterocycles. The first-order chi connectivity index (χ1) is 9.69. The SMILES string of the molecule is N#Cc1c(NC(=O)c2ccc(F)nc2)sc2c1CCC2. The van der Waals surface area contributed by atoms with Crippen molar-refractivity contribution in [1.29, 1.82) is 5.26 Å². The minimum Gasteiger partial charge on any atom is -0.312 e. The number of hydrogen-bond acceptors (Lipinski definition) is 4. The van der Waals surface area contributed by atoms with E-state index in [9.17, 15) is 14.4 Å². The smallest absolute Gasteiger partial charge is 0.257 e. The van der Waals surface area contributed by atoms with E-state index in [2.05, 4.69) is 16.4 Å². The zero-order valence-corrected chi connectivity index (χ0v) is 11.3. The number of halogens is 1. The van der Waals surface area contributed by atoms with Gasteiger partial charge in [0.15, 0.2) is 0 Å². The van der Waals surface area contributed by atoms with Crippen molar-refractivity contribution in [3.8, 4) is 6.07 Å². The van der Waals surface area contributed by atoms with Gasteiger partial charge in [0.2, 0.25) is 5.95 Å². The monoisotopic (exact) mass is 287 g/mol. The molecule has 0 bridgehead atoms. The van der Waals surface area contributed by atoms with E-state index in [4.69, 9.17) is 0 Å². The standard InChI is InChI=1S/C14H10FN3OS/c15-12-5-4-8(7-17-12)13(19)18-14-10(6-16)9-2-1-3-11(9)20-14/h4-5,7H,1-3H2,(H,18,19). The molecule has 0 aliphatic heterocycles. The van der Waals surface area contributed by atoms with Gasteiger partial charge in [-0.15, -0.1) is 11.3 Å². The van der Waals surface area contributed by atoms with Crippen LogP contribution in [-0.4, -0.2) is 10.9 Å². The van der Waals surface area contributed by atoms with E-state index in [0.29, 0.717) is 10.6 Å². The number of fused-ring (bicyclic) bond motifs is 1. The minimum atomic E-state index is -0.630. The fourth-order valence-corrected chi connectivity index (χ4v) is 3.53. The van der Waals surface area contributed by atoms with Gasteiger partial charge < -0.3 is 5.32 Å². The molecule has 1 amide bonds. The first-order valence-corrected chi connectivity index (χ1v) is 6.98. The van der Waals surface area contributed by atoms with Gasteiger partial charge >= 0.3 is 0 Å². The summed E-state index contributed by atoms with van der Waals surface area (Å²) in [4.78, 5) is 16.7. The number of thiophene rings is 1. The van der Waals surface area contributed by atoms with Crippen molar-refractivity contribution >= 4 is 22.2 Å². The summed E-state index contributed by atoms with van der Waals surface area (Å²) in [5.41, 5.74) is 1.89. The second kappa shape index (κ2) is 5.02. The van der Waals surface area contributed by atoms with Crippen molar-refractivity contribution in [2.75, 3.05) is 5.32 Å². The minimum absolute atomic E-state index is 0.267. The number of carbonyl (C=O) groups excluding carboxylic acids is 1. The van der Waals surface area contributed by atoms with Crippen molar-refractivity contribution < 1.29 is 9.18 Å². The van der Waals surface area contributed by atoms with Crippen LogP contribution in [0, 0.1) is 17.3 Å². The van der Waals surface area contributed by atoms with Crippen LogP contribution < -0.4 is 5.32 Å². The number of carbonyl (C=O) groups is 1. The third kappa shape index (κ3) is 2.17. The van der Waals surface area contributed by atoms with Gasteiger partial charge in [-0.05, 0) is 37.0 Å². The molecule has 1 aliphatic rings. The lowest BCUT2D eigenvalue weighted by Crippen LogP contribution is -2.12. The quantitative estimate of drug-likeness (QED) is 0.864. The zero-order chi connectivity index (χ0) is 14.1. The first-order valence-electron chi connectivity index (χ1n) is 6.16. The van der Waals surface area contributed by atoms with Crippen molar-refractivity contribution in [3.63, 3.8) is 0 Å². The predicted molar refractivity (Wildman–Crippen MR) is 73.2 cm³/mol. The Kier molecular flexibility index (Phi) is 3.20. The van der Waals surface area contributed by atoms with Crippen LogP contribution in [0.5, 0.6) is 0 Å². The van der Waals surface area contributed by atoms with E-state index in [1.807, 2.05) is 0 Å². The number of nitrogens with one attached hydrogen (secondary N) is 1. The second-order valence-electron chi connectivity index (χ2n) is 4.50. The molecule has 0 atom stereocenters. The maximum Gasteiger partial charge on any atom is 0.257 e. The Morgan fingerprint density at radius 1 is 1.45 bits per heavy atom. The molecule has 0 spiro atoms. The molecule has 0 unspecified atom stereocenters. The van der Waals surface area contributed by atoms with E-state index in [0.717, 1.165) is 30.9 Å². The van der Waals surface area contributed by atoms with Gasteiger partial charge in [-0.3, -0.25) is 4.79 Å². The summed E-state index contributed by atoms with van der Waals surface area (Å²) < 4.78 is 12.7. The maximum absolute atomic E-state index is 12.7. The lowest BCUT2D eigenvalue weighted by atomic mass is 10.1. The van der Waals surface area contributed by atoms with E-state index < -0.39 is 5.95 Å². The molecule has 2 aromatic rings. The summed E-state index contributed by atoms with van der Waals surface area (Å²) in [5.74, 6) is -1.01. The number of anilines is 1. The van der Waals surface area contributed by atoms with E-state index in [1.165, 1.54) is 28.5 Å². The molecule has 100 valence electrons. The fourth-order valence-electron chi connectivity index (χ4n) is 2.30. The first kappa shape index (κ1) is 12.8. The van der Waals surface area contributed by atoms with E-state index in [1.54, 1.807) is 0 Å². The van der Waals surface area contributed by atoms with Gasteiger partial charge in [-0.2, -0.15) is 9.65 Å². The average Bonchev–Trinajstić information content (AvgIpc) is 2.99. The van der Waals surface area contributed by atoms with Crippen LogP contribution in [0.25, 0.3) is 0 Å². The Balaban J connectivity index is 1.87. The predicted octanol–water partition coefficient (Wildman–Crippen LogP) is 2.89. The lowest BCUT2D eigenvalue weighted by molar-refractivity contribution is 0.102. The highest BCUT2D eigenvalue weighted by Crippen LogP contribution is 2.38. The number of amides is 1.